The second-order valence-electron chi connectivity index (χ2n) is 6.09. The van der Waals surface area contributed by atoms with E-state index in [2.05, 4.69) is 40.6 Å². The van der Waals surface area contributed by atoms with Gasteiger partial charge in [0.1, 0.15) is 0 Å². The molecule has 1 aliphatic heterocycles. The predicted molar refractivity (Wildman–Crippen MR) is 100 cm³/mol. The Balaban J connectivity index is 1.56. The zero-order valence-electron chi connectivity index (χ0n) is 13.8. The first-order valence-electron chi connectivity index (χ1n) is 8.14. The summed E-state index contributed by atoms with van der Waals surface area (Å²) < 4.78 is 0. The maximum atomic E-state index is 12.3. The minimum Gasteiger partial charge on any atom is -0.325 e. The number of halogens is 1. The Kier molecular flexibility index (Phi) is 5.34. The van der Waals surface area contributed by atoms with Crippen molar-refractivity contribution in [2.75, 3.05) is 25.0 Å². The minimum atomic E-state index is 0.0111. The summed E-state index contributed by atoms with van der Waals surface area (Å²) in [4.78, 5) is 14.4. The van der Waals surface area contributed by atoms with Crippen LogP contribution in [0.5, 0.6) is 0 Å². The van der Waals surface area contributed by atoms with Gasteiger partial charge in [0.15, 0.2) is 0 Å². The minimum absolute atomic E-state index is 0.0111. The van der Waals surface area contributed by atoms with E-state index in [1.165, 1.54) is 11.1 Å². The highest BCUT2D eigenvalue weighted by atomic mass is 35.5. The second-order valence-corrected chi connectivity index (χ2v) is 6.52. The van der Waals surface area contributed by atoms with E-state index in [0.717, 1.165) is 30.8 Å². The molecule has 0 aromatic heterocycles. The summed E-state index contributed by atoms with van der Waals surface area (Å²) in [5.74, 6) is 0.0111. The van der Waals surface area contributed by atoms with Crippen molar-refractivity contribution < 1.29 is 4.79 Å². The highest BCUT2D eigenvalue weighted by Crippen LogP contribution is 2.22. The summed E-state index contributed by atoms with van der Waals surface area (Å²) in [7, 11) is 0. The molecule has 2 aromatic rings. The molecule has 1 aliphatic rings. The van der Waals surface area contributed by atoms with E-state index in [-0.39, 0.29) is 5.91 Å². The Labute approximate surface area is 147 Å². The van der Waals surface area contributed by atoms with Gasteiger partial charge in [-0.05, 0) is 48.2 Å². The molecule has 0 bridgehead atoms. The quantitative estimate of drug-likeness (QED) is 0.896. The summed E-state index contributed by atoms with van der Waals surface area (Å²) in [6.07, 6.45) is 3.19. The van der Waals surface area contributed by atoms with Gasteiger partial charge in [0.25, 0.3) is 0 Å². The fourth-order valence-corrected chi connectivity index (χ4v) is 3.16. The maximum Gasteiger partial charge on any atom is 0.238 e. The normalized spacial score (nSPS) is 15.0. The lowest BCUT2D eigenvalue weighted by molar-refractivity contribution is -0.117. The fraction of sp³-hybridized carbons (Fsp3) is 0.250. The van der Waals surface area contributed by atoms with E-state index < -0.39 is 0 Å². The van der Waals surface area contributed by atoms with Crippen LogP contribution in [0.1, 0.15) is 17.5 Å². The molecular formula is C20H21ClN2O. The van der Waals surface area contributed by atoms with Gasteiger partial charge >= 0.3 is 0 Å². The molecule has 0 aliphatic carbocycles. The van der Waals surface area contributed by atoms with Crippen molar-refractivity contribution in [3.05, 3.63) is 70.8 Å². The molecule has 3 rings (SSSR count). The molecule has 0 spiro atoms. The molecule has 0 unspecified atom stereocenters. The third-order valence-corrected chi connectivity index (χ3v) is 4.50. The fourth-order valence-electron chi connectivity index (χ4n) is 2.93. The number of nitrogens with zero attached hydrogens (tertiary/aromatic N) is 1. The number of aryl methyl sites for hydroxylation is 1. The van der Waals surface area contributed by atoms with Crippen LogP contribution in [0, 0.1) is 6.92 Å². The average molecular weight is 341 g/mol. The van der Waals surface area contributed by atoms with E-state index in [4.69, 9.17) is 11.6 Å². The molecular weight excluding hydrogens is 320 g/mol. The first-order valence-corrected chi connectivity index (χ1v) is 8.52. The van der Waals surface area contributed by atoms with Crippen LogP contribution in [0.2, 0.25) is 5.02 Å². The van der Waals surface area contributed by atoms with Gasteiger partial charge in [0, 0.05) is 23.8 Å². The van der Waals surface area contributed by atoms with Gasteiger partial charge in [-0.25, -0.2) is 0 Å². The SMILES string of the molecule is Cc1cc(Cl)ccc1NC(=O)CN1CC=C(c2ccccc2)CC1. The summed E-state index contributed by atoms with van der Waals surface area (Å²) in [6.45, 7) is 4.04. The lowest BCUT2D eigenvalue weighted by Gasteiger charge is -2.26. The molecule has 4 heteroatoms. The molecule has 0 saturated heterocycles. The van der Waals surface area contributed by atoms with Crippen LogP contribution in [0.25, 0.3) is 5.57 Å². The van der Waals surface area contributed by atoms with Crippen molar-refractivity contribution in [2.24, 2.45) is 0 Å². The van der Waals surface area contributed by atoms with Gasteiger partial charge in [-0.2, -0.15) is 0 Å². The number of amides is 1. The summed E-state index contributed by atoms with van der Waals surface area (Å²) in [6, 6.07) is 15.9. The molecule has 1 N–H and O–H groups in total. The second kappa shape index (κ2) is 7.65. The van der Waals surface area contributed by atoms with Crippen LogP contribution in [0.15, 0.2) is 54.6 Å². The Hall–Kier alpha value is -2.10. The molecule has 0 fully saturated rings. The van der Waals surface area contributed by atoms with Crippen LogP contribution in [0.4, 0.5) is 5.69 Å². The standard InChI is InChI=1S/C20H21ClN2O/c1-15-13-18(21)7-8-19(15)22-20(24)14-23-11-9-17(10-12-23)16-5-3-2-4-6-16/h2-9,13H,10-12,14H2,1H3,(H,22,24). The molecule has 0 saturated carbocycles. The van der Waals surface area contributed by atoms with Crippen molar-refractivity contribution in [2.45, 2.75) is 13.3 Å². The molecule has 2 aromatic carbocycles. The summed E-state index contributed by atoms with van der Waals surface area (Å²) in [5.41, 5.74) is 4.43. The number of carbonyl (C=O) groups excluding carboxylic acids is 1. The molecule has 124 valence electrons. The van der Waals surface area contributed by atoms with Gasteiger partial charge in [0.05, 0.1) is 6.54 Å². The Morgan fingerprint density at radius 1 is 1.21 bits per heavy atom. The van der Waals surface area contributed by atoms with Crippen molar-refractivity contribution in [1.29, 1.82) is 0 Å². The van der Waals surface area contributed by atoms with E-state index in [1.54, 1.807) is 6.07 Å². The highest BCUT2D eigenvalue weighted by Gasteiger charge is 2.16. The smallest absolute Gasteiger partial charge is 0.238 e. The van der Waals surface area contributed by atoms with Gasteiger partial charge in [-0.1, -0.05) is 48.0 Å². The molecule has 0 atom stereocenters. The predicted octanol–water partition coefficient (Wildman–Crippen LogP) is 4.38. The van der Waals surface area contributed by atoms with Crippen molar-refractivity contribution in [3.63, 3.8) is 0 Å². The number of hydrogen-bond acceptors (Lipinski definition) is 2. The zero-order valence-corrected chi connectivity index (χ0v) is 14.5. The molecule has 1 heterocycles. The summed E-state index contributed by atoms with van der Waals surface area (Å²) in [5, 5.41) is 3.65. The Morgan fingerprint density at radius 3 is 2.67 bits per heavy atom. The average Bonchev–Trinajstić information content (AvgIpc) is 2.59. The molecule has 1 amide bonds. The number of anilines is 1. The monoisotopic (exact) mass is 340 g/mol. The first-order chi connectivity index (χ1) is 11.6. The van der Waals surface area contributed by atoms with E-state index in [0.29, 0.717) is 11.6 Å². The molecule has 24 heavy (non-hydrogen) atoms. The van der Waals surface area contributed by atoms with Gasteiger partial charge in [0.2, 0.25) is 5.91 Å². The van der Waals surface area contributed by atoms with E-state index >= 15 is 0 Å². The van der Waals surface area contributed by atoms with Crippen LogP contribution >= 0.6 is 11.6 Å². The zero-order chi connectivity index (χ0) is 16.9. The van der Waals surface area contributed by atoms with Crippen LogP contribution in [-0.4, -0.2) is 30.4 Å². The molecule has 0 radical (unpaired) electrons. The van der Waals surface area contributed by atoms with Crippen LogP contribution in [0.3, 0.4) is 0 Å². The highest BCUT2D eigenvalue weighted by molar-refractivity contribution is 6.30. The van der Waals surface area contributed by atoms with Gasteiger partial charge in [-0.15, -0.1) is 0 Å². The van der Waals surface area contributed by atoms with Crippen molar-refractivity contribution in [1.82, 2.24) is 4.90 Å². The van der Waals surface area contributed by atoms with Crippen molar-refractivity contribution in [3.8, 4) is 0 Å². The number of rotatable bonds is 4. The number of hydrogen-bond donors (Lipinski definition) is 1. The van der Waals surface area contributed by atoms with Crippen molar-refractivity contribution >= 4 is 28.8 Å². The Bertz CT molecular complexity index is 755. The maximum absolute atomic E-state index is 12.3. The van der Waals surface area contributed by atoms with E-state index in [1.807, 2.05) is 25.1 Å². The van der Waals surface area contributed by atoms with Crippen LogP contribution in [-0.2, 0) is 4.79 Å². The Morgan fingerprint density at radius 2 is 2.00 bits per heavy atom. The topological polar surface area (TPSA) is 32.3 Å². The van der Waals surface area contributed by atoms with E-state index in [9.17, 15) is 4.79 Å². The summed E-state index contributed by atoms with van der Waals surface area (Å²) >= 11 is 5.95. The number of benzene rings is 2. The third kappa shape index (κ3) is 4.25. The first kappa shape index (κ1) is 16.7. The largest absolute Gasteiger partial charge is 0.325 e. The lowest BCUT2D eigenvalue weighted by atomic mass is 10.00. The number of carbonyl (C=O) groups is 1. The number of nitrogens with one attached hydrogen (secondary N) is 1. The van der Waals surface area contributed by atoms with Gasteiger partial charge in [-0.3, -0.25) is 9.69 Å². The third-order valence-electron chi connectivity index (χ3n) is 4.27. The molecule has 3 nitrogen and oxygen atoms in total. The van der Waals surface area contributed by atoms with Crippen LogP contribution < -0.4 is 5.32 Å². The lowest BCUT2D eigenvalue weighted by Crippen LogP contribution is -2.36. The van der Waals surface area contributed by atoms with Gasteiger partial charge < -0.3 is 5.32 Å².